The lowest BCUT2D eigenvalue weighted by Crippen LogP contribution is -2.28. The number of nitrogens with one attached hydrogen (secondary N) is 3. The zero-order chi connectivity index (χ0) is 29.2. The lowest BCUT2D eigenvalue weighted by atomic mass is 9.92. The van der Waals surface area contributed by atoms with E-state index >= 15 is 0 Å². The van der Waals surface area contributed by atoms with Crippen molar-refractivity contribution < 1.29 is 9.53 Å². The first-order valence-corrected chi connectivity index (χ1v) is 13.8. The van der Waals surface area contributed by atoms with Crippen LogP contribution < -0.4 is 20.1 Å². The molecule has 0 saturated carbocycles. The molecule has 0 aliphatic rings. The third kappa shape index (κ3) is 7.65. The van der Waals surface area contributed by atoms with Crippen LogP contribution in [0.3, 0.4) is 0 Å². The van der Waals surface area contributed by atoms with Gasteiger partial charge in [-0.2, -0.15) is 5.26 Å². The number of anilines is 2. The molecule has 0 radical (unpaired) electrons. The summed E-state index contributed by atoms with van der Waals surface area (Å²) in [5.41, 5.74) is 4.73. The monoisotopic (exact) mass is 565 g/mol. The van der Waals surface area contributed by atoms with Gasteiger partial charge < -0.3 is 20.1 Å². The Labute approximate surface area is 244 Å². The van der Waals surface area contributed by atoms with Crippen molar-refractivity contribution in [1.29, 1.82) is 5.26 Å². The van der Waals surface area contributed by atoms with Crippen molar-refractivity contribution in [3.05, 3.63) is 113 Å². The van der Waals surface area contributed by atoms with Gasteiger partial charge in [0.25, 0.3) is 5.91 Å². The van der Waals surface area contributed by atoms with Crippen LogP contribution in [0.1, 0.15) is 35.3 Å². The SMILES string of the molecule is COc1ccc(-c2cccc(C(C)(C)N=O)c2)cc1SNc1cccc(NCCNC(=O)c2cccc(C#N)c2)c1. The van der Waals surface area contributed by atoms with E-state index in [9.17, 15) is 9.70 Å². The van der Waals surface area contributed by atoms with Gasteiger partial charge in [-0.25, -0.2) is 0 Å². The molecule has 0 bridgehead atoms. The molecule has 0 aromatic heterocycles. The number of benzene rings is 4. The minimum atomic E-state index is -0.809. The topological polar surface area (TPSA) is 116 Å². The molecule has 0 fully saturated rings. The molecule has 3 N–H and O–H groups in total. The summed E-state index contributed by atoms with van der Waals surface area (Å²) in [7, 11) is 1.64. The first kappa shape index (κ1) is 29.2. The number of hydrogen-bond donors (Lipinski definition) is 3. The standard InChI is InChI=1S/C32H31N5O3S/c1-32(2,37-39)26-10-5-8-23(18-26)24-13-14-29(40-3)30(19-24)41-36-28-12-6-11-27(20-28)34-15-16-35-31(38)25-9-4-7-22(17-25)21-33/h4-14,17-20,34,36H,15-16H2,1-3H3,(H,35,38). The van der Waals surface area contributed by atoms with Crippen molar-refractivity contribution >= 4 is 29.2 Å². The number of nitrogens with zero attached hydrogens (tertiary/aromatic N) is 2. The number of rotatable bonds is 12. The lowest BCUT2D eigenvalue weighted by molar-refractivity contribution is 0.0955. The molecular formula is C32H31N5O3S. The smallest absolute Gasteiger partial charge is 0.251 e. The third-order valence-electron chi connectivity index (χ3n) is 6.43. The molecule has 41 heavy (non-hydrogen) atoms. The van der Waals surface area contributed by atoms with E-state index in [-0.39, 0.29) is 5.91 Å². The fraction of sp³-hybridized carbons (Fsp3) is 0.188. The number of hydrogen-bond acceptors (Lipinski definition) is 8. The van der Waals surface area contributed by atoms with E-state index in [1.807, 2.05) is 72.8 Å². The molecule has 9 heteroatoms. The maximum Gasteiger partial charge on any atom is 0.251 e. The van der Waals surface area contributed by atoms with Crippen molar-refractivity contribution in [2.45, 2.75) is 24.3 Å². The Morgan fingerprint density at radius 1 is 0.927 bits per heavy atom. The summed E-state index contributed by atoms with van der Waals surface area (Å²) in [5, 5.41) is 18.5. The van der Waals surface area contributed by atoms with E-state index in [1.165, 1.54) is 11.9 Å². The summed E-state index contributed by atoms with van der Waals surface area (Å²) in [6.07, 6.45) is 0. The first-order valence-electron chi connectivity index (χ1n) is 13.0. The van der Waals surface area contributed by atoms with E-state index in [0.29, 0.717) is 24.2 Å². The Kier molecular flexibility index (Phi) is 9.61. The molecule has 0 aliphatic heterocycles. The molecule has 0 heterocycles. The number of carbonyl (C=O) groups excluding carboxylic acids is 1. The molecule has 4 aromatic carbocycles. The van der Waals surface area contributed by atoms with E-state index in [2.05, 4.69) is 20.5 Å². The average Bonchev–Trinajstić information content (AvgIpc) is 3.02. The third-order valence-corrected chi connectivity index (χ3v) is 7.31. The minimum absolute atomic E-state index is 0.220. The van der Waals surface area contributed by atoms with Gasteiger partial charge in [-0.05, 0) is 97.1 Å². The van der Waals surface area contributed by atoms with Gasteiger partial charge in [0.15, 0.2) is 0 Å². The molecule has 208 valence electrons. The molecule has 0 atom stereocenters. The van der Waals surface area contributed by atoms with E-state index in [0.717, 1.165) is 38.7 Å². The van der Waals surface area contributed by atoms with Crippen LogP contribution in [0, 0.1) is 16.2 Å². The van der Waals surface area contributed by atoms with Crippen LogP contribution in [0.5, 0.6) is 5.75 Å². The number of ether oxygens (including phenoxy) is 1. The maximum absolute atomic E-state index is 12.4. The molecule has 4 rings (SSSR count). The summed E-state index contributed by atoms with van der Waals surface area (Å²) >= 11 is 1.44. The molecule has 1 amide bonds. The summed E-state index contributed by atoms with van der Waals surface area (Å²) in [6.45, 7) is 4.56. The number of nitroso groups, excluding NO2 is 1. The predicted octanol–water partition coefficient (Wildman–Crippen LogP) is 7.20. The van der Waals surface area contributed by atoms with Gasteiger partial charge in [0, 0.05) is 30.0 Å². The van der Waals surface area contributed by atoms with Crippen LogP contribution in [0.15, 0.2) is 101 Å². The Balaban J connectivity index is 1.37. The highest BCUT2D eigenvalue weighted by atomic mass is 32.2. The number of amides is 1. The summed E-state index contributed by atoms with van der Waals surface area (Å²) in [5.74, 6) is 0.519. The number of methoxy groups -OCH3 is 1. The molecule has 0 aliphatic carbocycles. The van der Waals surface area contributed by atoms with Gasteiger partial charge in [0.2, 0.25) is 0 Å². The quantitative estimate of drug-likeness (QED) is 0.0945. The van der Waals surface area contributed by atoms with Crippen molar-refractivity contribution in [1.82, 2.24) is 5.32 Å². The zero-order valence-electron chi connectivity index (χ0n) is 23.1. The van der Waals surface area contributed by atoms with Gasteiger partial charge in [-0.3, -0.25) is 4.79 Å². The van der Waals surface area contributed by atoms with Gasteiger partial charge in [0.1, 0.15) is 11.3 Å². The van der Waals surface area contributed by atoms with Crippen molar-refractivity contribution in [3.63, 3.8) is 0 Å². The summed E-state index contributed by atoms with van der Waals surface area (Å²) in [6, 6.07) is 30.3. The zero-order valence-corrected chi connectivity index (χ0v) is 23.9. The summed E-state index contributed by atoms with van der Waals surface area (Å²) < 4.78 is 8.98. The highest BCUT2D eigenvalue weighted by Gasteiger charge is 2.21. The highest BCUT2D eigenvalue weighted by molar-refractivity contribution is 8.00. The normalized spacial score (nSPS) is 10.8. The largest absolute Gasteiger partial charge is 0.496 e. The van der Waals surface area contributed by atoms with Crippen LogP contribution in [0.25, 0.3) is 11.1 Å². The molecule has 0 spiro atoms. The van der Waals surface area contributed by atoms with E-state index < -0.39 is 5.54 Å². The molecule has 0 saturated heterocycles. The van der Waals surface area contributed by atoms with Crippen molar-refractivity contribution in [3.8, 4) is 22.9 Å². The second-order valence-corrected chi connectivity index (χ2v) is 10.6. The van der Waals surface area contributed by atoms with Gasteiger partial charge in [0.05, 0.1) is 23.6 Å². The van der Waals surface area contributed by atoms with Gasteiger partial charge in [-0.1, -0.05) is 41.6 Å². The van der Waals surface area contributed by atoms with Gasteiger partial charge in [-0.15, -0.1) is 4.91 Å². The Hall–Kier alpha value is -4.81. The summed E-state index contributed by atoms with van der Waals surface area (Å²) in [4.78, 5) is 24.6. The lowest BCUT2D eigenvalue weighted by Gasteiger charge is -2.17. The predicted molar refractivity (Wildman–Crippen MR) is 165 cm³/mol. The minimum Gasteiger partial charge on any atom is -0.496 e. The Morgan fingerprint density at radius 2 is 1.68 bits per heavy atom. The Morgan fingerprint density at radius 3 is 2.46 bits per heavy atom. The van der Waals surface area contributed by atoms with Crippen LogP contribution in [-0.2, 0) is 5.54 Å². The Bertz CT molecular complexity index is 1580. The molecule has 8 nitrogen and oxygen atoms in total. The maximum atomic E-state index is 12.4. The van der Waals surface area contributed by atoms with E-state index in [4.69, 9.17) is 10.00 Å². The highest BCUT2D eigenvalue weighted by Crippen LogP contribution is 2.36. The van der Waals surface area contributed by atoms with E-state index in [1.54, 1.807) is 45.2 Å². The van der Waals surface area contributed by atoms with Crippen LogP contribution in [0.2, 0.25) is 0 Å². The van der Waals surface area contributed by atoms with Crippen LogP contribution in [-0.4, -0.2) is 26.1 Å². The van der Waals surface area contributed by atoms with Crippen molar-refractivity contribution in [2.75, 3.05) is 30.2 Å². The van der Waals surface area contributed by atoms with Gasteiger partial charge >= 0.3 is 0 Å². The number of carbonyl (C=O) groups is 1. The fourth-order valence-electron chi connectivity index (χ4n) is 4.09. The number of nitriles is 1. The van der Waals surface area contributed by atoms with Crippen LogP contribution >= 0.6 is 11.9 Å². The molecule has 0 unspecified atom stereocenters. The first-order chi connectivity index (χ1) is 19.8. The molecular weight excluding hydrogens is 534 g/mol. The average molecular weight is 566 g/mol. The fourth-order valence-corrected chi connectivity index (χ4v) is 4.88. The van der Waals surface area contributed by atoms with Crippen LogP contribution in [0.4, 0.5) is 11.4 Å². The molecule has 4 aromatic rings. The second-order valence-electron chi connectivity index (χ2n) is 9.76. The second kappa shape index (κ2) is 13.5. The van der Waals surface area contributed by atoms with Crippen molar-refractivity contribution in [2.24, 2.45) is 5.18 Å².